The van der Waals surface area contributed by atoms with Gasteiger partial charge in [-0.2, -0.15) is 0 Å². The molecular weight excluding hydrogens is 220 g/mol. The van der Waals surface area contributed by atoms with Gasteiger partial charge in [0.2, 0.25) is 0 Å². The Bertz CT molecular complexity index is 353. The third kappa shape index (κ3) is 2.97. The van der Waals surface area contributed by atoms with Gasteiger partial charge in [0.1, 0.15) is 0 Å². The fourth-order valence-corrected chi connectivity index (χ4v) is 2.55. The summed E-state index contributed by atoms with van der Waals surface area (Å²) in [5.41, 5.74) is 2.53. The number of hydrogen-bond acceptors (Lipinski definition) is 4. The summed E-state index contributed by atoms with van der Waals surface area (Å²) in [6.07, 6.45) is 1.97. The van der Waals surface area contributed by atoms with Crippen molar-refractivity contribution in [1.82, 2.24) is 10.3 Å². The van der Waals surface area contributed by atoms with Crippen LogP contribution < -0.4 is 5.32 Å². The van der Waals surface area contributed by atoms with Crippen molar-refractivity contribution in [2.24, 2.45) is 0 Å². The van der Waals surface area contributed by atoms with E-state index in [1.165, 1.54) is 11.1 Å². The first-order chi connectivity index (χ1) is 7.79. The van der Waals surface area contributed by atoms with E-state index >= 15 is 0 Å². The molecule has 2 heterocycles. The van der Waals surface area contributed by atoms with Crippen LogP contribution in [0.1, 0.15) is 18.1 Å². The Balaban J connectivity index is 1.97. The van der Waals surface area contributed by atoms with Gasteiger partial charge in [-0.15, -0.1) is 0 Å². The zero-order valence-electron chi connectivity index (χ0n) is 9.82. The highest BCUT2D eigenvalue weighted by Gasteiger charge is 2.20. The summed E-state index contributed by atoms with van der Waals surface area (Å²) < 4.78 is 5.17. The van der Waals surface area contributed by atoms with Crippen molar-refractivity contribution in [2.75, 3.05) is 19.8 Å². The average molecular weight is 238 g/mol. The summed E-state index contributed by atoms with van der Waals surface area (Å²) in [7, 11) is 0. The maximum Gasteiger partial charge on any atom is 0.0993 e. The molecule has 0 unspecified atom stereocenters. The lowest BCUT2D eigenvalue weighted by Gasteiger charge is -2.25. The van der Waals surface area contributed by atoms with E-state index in [1.807, 2.05) is 18.0 Å². The topological polar surface area (TPSA) is 34.2 Å². The minimum absolute atomic E-state index is 0.603. The minimum atomic E-state index is 0.603. The van der Waals surface area contributed by atoms with Gasteiger partial charge in [0.25, 0.3) is 0 Å². The van der Waals surface area contributed by atoms with E-state index in [-0.39, 0.29) is 0 Å². The normalized spacial score (nSPS) is 16.1. The van der Waals surface area contributed by atoms with Crippen molar-refractivity contribution in [2.45, 2.75) is 30.7 Å². The van der Waals surface area contributed by atoms with Crippen LogP contribution >= 0.6 is 11.8 Å². The highest BCUT2D eigenvalue weighted by Crippen LogP contribution is 2.28. The molecule has 0 aliphatic carbocycles. The summed E-state index contributed by atoms with van der Waals surface area (Å²) in [6, 6.07) is 2.22. The number of nitrogens with one attached hydrogen (secondary N) is 1. The average Bonchev–Trinajstić information content (AvgIpc) is 2.22. The van der Waals surface area contributed by atoms with Crippen LogP contribution in [0.15, 0.2) is 17.3 Å². The molecule has 88 valence electrons. The molecule has 2 rings (SSSR count). The first-order valence-corrected chi connectivity index (χ1v) is 6.58. The summed E-state index contributed by atoms with van der Waals surface area (Å²) in [5.74, 6) is 0. The number of ether oxygens (including phenoxy) is 1. The Hall–Kier alpha value is -0.580. The SMILES string of the molecule is CCNCc1cnc(SC2COC2)c(C)c1. The summed E-state index contributed by atoms with van der Waals surface area (Å²) in [4.78, 5) is 4.52. The maximum absolute atomic E-state index is 5.17. The van der Waals surface area contributed by atoms with Crippen LogP contribution in [0.4, 0.5) is 0 Å². The second kappa shape index (κ2) is 5.66. The Morgan fingerprint density at radius 1 is 1.56 bits per heavy atom. The van der Waals surface area contributed by atoms with Gasteiger partial charge in [-0.25, -0.2) is 4.98 Å². The summed E-state index contributed by atoms with van der Waals surface area (Å²) >= 11 is 1.83. The van der Waals surface area contributed by atoms with E-state index in [2.05, 4.69) is 30.2 Å². The lowest BCUT2D eigenvalue weighted by molar-refractivity contribution is 0.0454. The van der Waals surface area contributed by atoms with Crippen LogP contribution in [0.5, 0.6) is 0 Å². The third-order valence-corrected chi connectivity index (χ3v) is 3.81. The molecule has 1 N–H and O–H groups in total. The monoisotopic (exact) mass is 238 g/mol. The molecule has 1 aromatic rings. The van der Waals surface area contributed by atoms with Crippen LogP contribution in [0.3, 0.4) is 0 Å². The number of aryl methyl sites for hydroxylation is 1. The van der Waals surface area contributed by atoms with Gasteiger partial charge in [0, 0.05) is 12.7 Å². The Morgan fingerprint density at radius 3 is 2.94 bits per heavy atom. The molecule has 0 aromatic carbocycles. The Morgan fingerprint density at radius 2 is 2.38 bits per heavy atom. The molecule has 1 aliphatic rings. The number of nitrogens with zero attached hydrogens (tertiary/aromatic N) is 1. The second-order valence-corrected chi connectivity index (χ2v) is 5.31. The van der Waals surface area contributed by atoms with Crippen molar-refractivity contribution in [3.05, 3.63) is 23.4 Å². The Kier molecular flexibility index (Phi) is 4.21. The third-order valence-electron chi connectivity index (χ3n) is 2.55. The van der Waals surface area contributed by atoms with E-state index in [4.69, 9.17) is 4.74 Å². The van der Waals surface area contributed by atoms with Gasteiger partial charge >= 0.3 is 0 Å². The molecule has 4 heteroatoms. The molecule has 0 amide bonds. The largest absolute Gasteiger partial charge is 0.379 e. The molecule has 0 atom stereocenters. The zero-order chi connectivity index (χ0) is 11.4. The van der Waals surface area contributed by atoms with Crippen molar-refractivity contribution < 1.29 is 4.74 Å². The first-order valence-electron chi connectivity index (χ1n) is 5.70. The molecule has 3 nitrogen and oxygen atoms in total. The molecule has 0 spiro atoms. The molecule has 0 saturated carbocycles. The molecular formula is C12H18N2OS. The van der Waals surface area contributed by atoms with Gasteiger partial charge in [0.05, 0.1) is 23.5 Å². The van der Waals surface area contributed by atoms with Gasteiger partial charge in [-0.3, -0.25) is 0 Å². The van der Waals surface area contributed by atoms with Crippen molar-refractivity contribution >= 4 is 11.8 Å². The first kappa shape index (κ1) is 11.9. The molecule has 16 heavy (non-hydrogen) atoms. The second-order valence-electron chi connectivity index (χ2n) is 4.02. The van der Waals surface area contributed by atoms with Crippen LogP contribution in [0.25, 0.3) is 0 Å². The molecule has 1 aromatic heterocycles. The van der Waals surface area contributed by atoms with E-state index in [0.717, 1.165) is 31.3 Å². The van der Waals surface area contributed by atoms with E-state index < -0.39 is 0 Å². The molecule has 0 radical (unpaired) electrons. The van der Waals surface area contributed by atoms with Crippen molar-refractivity contribution in [3.63, 3.8) is 0 Å². The molecule has 1 fully saturated rings. The predicted octanol–water partition coefficient (Wildman–Crippen LogP) is 1.99. The van der Waals surface area contributed by atoms with Crippen molar-refractivity contribution in [3.8, 4) is 0 Å². The van der Waals surface area contributed by atoms with Crippen LogP contribution in [-0.4, -0.2) is 30.0 Å². The van der Waals surface area contributed by atoms with Crippen LogP contribution in [0, 0.1) is 6.92 Å². The quantitative estimate of drug-likeness (QED) is 0.850. The van der Waals surface area contributed by atoms with E-state index in [9.17, 15) is 0 Å². The van der Waals surface area contributed by atoms with Crippen LogP contribution in [-0.2, 0) is 11.3 Å². The zero-order valence-corrected chi connectivity index (χ0v) is 10.6. The molecule has 1 saturated heterocycles. The Labute approximate surface area is 101 Å². The lowest BCUT2D eigenvalue weighted by atomic mass is 10.2. The van der Waals surface area contributed by atoms with Gasteiger partial charge in [-0.05, 0) is 24.6 Å². The predicted molar refractivity (Wildman–Crippen MR) is 66.8 cm³/mol. The number of thioether (sulfide) groups is 1. The summed E-state index contributed by atoms with van der Waals surface area (Å²) in [6.45, 7) is 7.87. The fourth-order valence-electron chi connectivity index (χ4n) is 1.55. The summed E-state index contributed by atoms with van der Waals surface area (Å²) in [5, 5.41) is 5.06. The lowest BCUT2D eigenvalue weighted by Crippen LogP contribution is -2.30. The number of aromatic nitrogens is 1. The van der Waals surface area contributed by atoms with Crippen LogP contribution in [0.2, 0.25) is 0 Å². The van der Waals surface area contributed by atoms with Gasteiger partial charge in [-0.1, -0.05) is 24.8 Å². The molecule has 0 bridgehead atoms. The van der Waals surface area contributed by atoms with E-state index in [1.54, 1.807) is 0 Å². The highest BCUT2D eigenvalue weighted by atomic mass is 32.2. The highest BCUT2D eigenvalue weighted by molar-refractivity contribution is 8.00. The molecule has 1 aliphatic heterocycles. The number of rotatable bonds is 5. The van der Waals surface area contributed by atoms with Crippen molar-refractivity contribution in [1.29, 1.82) is 0 Å². The number of hydrogen-bond donors (Lipinski definition) is 1. The van der Waals surface area contributed by atoms with E-state index in [0.29, 0.717) is 5.25 Å². The smallest absolute Gasteiger partial charge is 0.0993 e. The maximum atomic E-state index is 5.17. The minimum Gasteiger partial charge on any atom is -0.379 e. The number of pyridine rings is 1. The van der Waals surface area contributed by atoms with Gasteiger partial charge in [0.15, 0.2) is 0 Å². The van der Waals surface area contributed by atoms with Gasteiger partial charge < -0.3 is 10.1 Å². The fraction of sp³-hybridized carbons (Fsp3) is 0.583. The standard InChI is InChI=1S/C12H18N2OS/c1-3-13-5-10-4-9(2)12(14-6-10)16-11-7-15-8-11/h4,6,11,13H,3,5,7-8H2,1-2H3.